The van der Waals surface area contributed by atoms with E-state index in [4.69, 9.17) is 0 Å². The predicted octanol–water partition coefficient (Wildman–Crippen LogP) is 6.63. The van der Waals surface area contributed by atoms with Crippen molar-refractivity contribution in [2.24, 2.45) is 0 Å². The molecule has 0 amide bonds. The molecule has 0 saturated heterocycles. The minimum Gasteiger partial charge on any atom is -0.0622 e. The zero-order valence-electron chi connectivity index (χ0n) is 17.9. The first kappa shape index (κ1) is 20.4. The van der Waals surface area contributed by atoms with Gasteiger partial charge in [0.1, 0.15) is 0 Å². The summed E-state index contributed by atoms with van der Waals surface area (Å²) in [7, 11) is -0.586. The third kappa shape index (κ3) is 4.42. The van der Waals surface area contributed by atoms with E-state index in [0.717, 1.165) is 0 Å². The smallest absolute Gasteiger partial charge is 0.0339 e. The minimum atomic E-state index is -0.586. The van der Waals surface area contributed by atoms with Gasteiger partial charge in [-0.2, -0.15) is 0 Å². The first-order valence-electron chi connectivity index (χ1n) is 11.0. The lowest BCUT2D eigenvalue weighted by Crippen LogP contribution is -2.20. The van der Waals surface area contributed by atoms with Crippen LogP contribution in [0.25, 0.3) is 0 Å². The molecule has 0 saturated carbocycles. The summed E-state index contributed by atoms with van der Waals surface area (Å²) in [4.78, 5) is 0. The van der Waals surface area contributed by atoms with Crippen LogP contribution in [0.15, 0.2) is 146 Å². The molecule has 0 aromatic heterocycles. The highest BCUT2D eigenvalue weighted by molar-refractivity contribution is 7.79. The highest BCUT2D eigenvalue weighted by Gasteiger charge is 2.19. The molecule has 0 N–H and O–H groups in total. The van der Waals surface area contributed by atoms with Gasteiger partial charge in [-0.1, -0.05) is 146 Å². The molecule has 0 aliphatic heterocycles. The largest absolute Gasteiger partial charge is 0.0622 e. The molecule has 32 heavy (non-hydrogen) atoms. The third-order valence-corrected chi connectivity index (χ3v) is 8.22. The molecule has 5 rings (SSSR count). The van der Waals surface area contributed by atoms with Crippen LogP contribution < -0.4 is 15.9 Å². The van der Waals surface area contributed by atoms with Crippen LogP contribution in [-0.2, 0) is 0 Å². The average Bonchev–Trinajstić information content (AvgIpc) is 2.88. The summed E-state index contributed by atoms with van der Waals surface area (Å²) in [5, 5.41) is 4.13. The minimum absolute atomic E-state index is 0.228. The monoisotopic (exact) mass is 428 g/mol. The maximum atomic E-state index is 2.33. The molecule has 5 aromatic rings. The summed E-state index contributed by atoms with van der Waals surface area (Å²) in [6.45, 7) is 0. The first-order valence-corrected chi connectivity index (χ1v) is 12.3. The van der Waals surface area contributed by atoms with E-state index in [1.54, 1.807) is 0 Å². The number of hydrogen-bond acceptors (Lipinski definition) is 0. The van der Waals surface area contributed by atoms with Crippen molar-refractivity contribution in [1.29, 1.82) is 0 Å². The molecule has 0 bridgehead atoms. The molecular formula is C31H25P. The lowest BCUT2D eigenvalue weighted by molar-refractivity contribution is 0.978. The van der Waals surface area contributed by atoms with Gasteiger partial charge in [0.2, 0.25) is 0 Å². The Hall–Kier alpha value is -3.47. The van der Waals surface area contributed by atoms with E-state index in [1.165, 1.54) is 32.6 Å². The van der Waals surface area contributed by atoms with E-state index >= 15 is 0 Å². The van der Waals surface area contributed by atoms with Crippen LogP contribution in [0.5, 0.6) is 0 Å². The van der Waals surface area contributed by atoms with Crippen LogP contribution >= 0.6 is 7.92 Å². The van der Waals surface area contributed by atoms with E-state index in [2.05, 4.69) is 146 Å². The summed E-state index contributed by atoms with van der Waals surface area (Å²) in [6.07, 6.45) is 0. The van der Waals surface area contributed by atoms with Gasteiger partial charge in [-0.05, 0) is 40.5 Å². The SMILES string of the molecule is c1ccc(C(c2ccccc2)c2ccc(P(c3ccccc3)c3ccccc3)cc2)cc1. The van der Waals surface area contributed by atoms with Gasteiger partial charge in [-0.15, -0.1) is 0 Å². The molecule has 0 atom stereocenters. The van der Waals surface area contributed by atoms with E-state index < -0.39 is 7.92 Å². The Labute approximate surface area is 192 Å². The highest BCUT2D eigenvalue weighted by atomic mass is 31.1. The Morgan fingerprint density at radius 2 is 0.625 bits per heavy atom. The molecule has 0 spiro atoms. The first-order chi connectivity index (χ1) is 15.9. The summed E-state index contributed by atoms with van der Waals surface area (Å²) in [5.74, 6) is 0.228. The van der Waals surface area contributed by atoms with Crippen LogP contribution in [-0.4, -0.2) is 0 Å². The van der Waals surface area contributed by atoms with E-state index in [0.29, 0.717) is 0 Å². The van der Waals surface area contributed by atoms with Crippen LogP contribution in [0.3, 0.4) is 0 Å². The topological polar surface area (TPSA) is 0 Å². The third-order valence-electron chi connectivity index (χ3n) is 5.78. The lowest BCUT2D eigenvalue weighted by atomic mass is 9.85. The molecule has 0 nitrogen and oxygen atoms in total. The average molecular weight is 429 g/mol. The fourth-order valence-electron chi connectivity index (χ4n) is 4.29. The Kier molecular flexibility index (Phi) is 6.24. The van der Waals surface area contributed by atoms with Gasteiger partial charge >= 0.3 is 0 Å². The quantitative estimate of drug-likeness (QED) is 0.210. The van der Waals surface area contributed by atoms with Crippen molar-refractivity contribution in [3.05, 3.63) is 162 Å². The maximum Gasteiger partial charge on any atom is 0.0339 e. The van der Waals surface area contributed by atoms with Gasteiger partial charge in [0.15, 0.2) is 0 Å². The highest BCUT2D eigenvalue weighted by Crippen LogP contribution is 2.35. The molecule has 0 radical (unpaired) electrons. The molecule has 5 aromatic carbocycles. The lowest BCUT2D eigenvalue weighted by Gasteiger charge is -2.22. The summed E-state index contributed by atoms with van der Waals surface area (Å²) >= 11 is 0. The van der Waals surface area contributed by atoms with Crippen molar-refractivity contribution < 1.29 is 0 Å². The van der Waals surface area contributed by atoms with Crippen LogP contribution in [0.4, 0.5) is 0 Å². The van der Waals surface area contributed by atoms with Crippen molar-refractivity contribution in [1.82, 2.24) is 0 Å². The molecule has 1 heteroatoms. The molecule has 0 aliphatic carbocycles. The maximum absolute atomic E-state index is 2.33. The van der Waals surface area contributed by atoms with Gasteiger partial charge in [0.05, 0.1) is 0 Å². The van der Waals surface area contributed by atoms with Gasteiger partial charge in [-0.3, -0.25) is 0 Å². The molecular weight excluding hydrogens is 403 g/mol. The predicted molar refractivity (Wildman–Crippen MR) is 139 cm³/mol. The number of rotatable bonds is 6. The zero-order valence-corrected chi connectivity index (χ0v) is 18.8. The van der Waals surface area contributed by atoms with E-state index in [9.17, 15) is 0 Å². The fraction of sp³-hybridized carbons (Fsp3) is 0.0323. The Morgan fingerprint density at radius 3 is 1.03 bits per heavy atom. The van der Waals surface area contributed by atoms with Crippen LogP contribution in [0.2, 0.25) is 0 Å². The number of hydrogen-bond donors (Lipinski definition) is 0. The van der Waals surface area contributed by atoms with E-state index in [-0.39, 0.29) is 5.92 Å². The van der Waals surface area contributed by atoms with Crippen molar-refractivity contribution in [2.45, 2.75) is 5.92 Å². The van der Waals surface area contributed by atoms with Crippen LogP contribution in [0.1, 0.15) is 22.6 Å². The zero-order chi connectivity index (χ0) is 21.6. The standard InChI is InChI=1S/C31H25P/c1-5-13-25(14-6-1)31(26-15-7-2-8-16-26)27-21-23-30(24-22-27)32(28-17-9-3-10-18-28)29-19-11-4-12-20-29/h1-24,31H. The van der Waals surface area contributed by atoms with Gasteiger partial charge in [0.25, 0.3) is 0 Å². The van der Waals surface area contributed by atoms with E-state index in [1.807, 2.05) is 0 Å². The fourth-order valence-corrected chi connectivity index (χ4v) is 6.57. The normalized spacial score (nSPS) is 11.1. The Balaban J connectivity index is 1.57. The second kappa shape index (κ2) is 9.77. The molecule has 0 aliphatic rings. The second-order valence-electron chi connectivity index (χ2n) is 7.85. The van der Waals surface area contributed by atoms with Crippen molar-refractivity contribution in [2.75, 3.05) is 0 Å². The van der Waals surface area contributed by atoms with Gasteiger partial charge in [0, 0.05) is 5.92 Å². The summed E-state index contributed by atoms with van der Waals surface area (Å²) < 4.78 is 0. The number of benzene rings is 5. The van der Waals surface area contributed by atoms with Crippen molar-refractivity contribution in [3.8, 4) is 0 Å². The summed E-state index contributed by atoms with van der Waals surface area (Å²) in [5.41, 5.74) is 3.96. The Morgan fingerprint density at radius 1 is 0.312 bits per heavy atom. The Bertz CT molecular complexity index is 1050. The van der Waals surface area contributed by atoms with Crippen molar-refractivity contribution in [3.63, 3.8) is 0 Å². The molecule has 0 unspecified atom stereocenters. The van der Waals surface area contributed by atoms with Gasteiger partial charge in [-0.25, -0.2) is 0 Å². The molecule has 154 valence electrons. The van der Waals surface area contributed by atoms with Crippen molar-refractivity contribution >= 4 is 23.8 Å². The molecule has 0 fully saturated rings. The second-order valence-corrected chi connectivity index (χ2v) is 10.1. The summed E-state index contributed by atoms with van der Waals surface area (Å²) in [6, 6.07) is 52.7. The van der Waals surface area contributed by atoms with Gasteiger partial charge < -0.3 is 0 Å². The van der Waals surface area contributed by atoms with Crippen LogP contribution in [0, 0.1) is 0 Å². The molecule has 0 heterocycles.